The molecule has 0 aliphatic carbocycles. The third-order valence-corrected chi connectivity index (χ3v) is 2.37. The maximum atomic E-state index is 13.2. The van der Waals surface area contributed by atoms with E-state index in [0.717, 1.165) is 12.1 Å². The number of carbonyl (C=O) groups is 1. The van der Waals surface area contributed by atoms with Crippen molar-refractivity contribution < 1.29 is 27.1 Å². The minimum absolute atomic E-state index is 0.0242. The summed E-state index contributed by atoms with van der Waals surface area (Å²) < 4.78 is 54.6. The summed E-state index contributed by atoms with van der Waals surface area (Å²) >= 11 is 0. The number of alkyl carbamates (subject to hydrolysis) is 1. The first-order valence-corrected chi connectivity index (χ1v) is 4.68. The molecule has 1 aromatic rings. The van der Waals surface area contributed by atoms with Crippen molar-refractivity contribution in [1.29, 1.82) is 0 Å². The van der Waals surface area contributed by atoms with E-state index in [1.165, 1.54) is 0 Å². The molecule has 1 amide bonds. The number of carbonyl (C=O) groups excluding carboxylic acids is 1. The second-order valence-electron chi connectivity index (χ2n) is 3.53. The molecule has 2 rings (SSSR count). The zero-order chi connectivity index (χ0) is 12.6. The van der Waals surface area contributed by atoms with Crippen molar-refractivity contribution in [2.24, 2.45) is 0 Å². The minimum atomic E-state index is -4.72. The van der Waals surface area contributed by atoms with Gasteiger partial charge in [0.05, 0.1) is 11.6 Å². The maximum absolute atomic E-state index is 13.2. The van der Waals surface area contributed by atoms with Crippen LogP contribution in [0.3, 0.4) is 0 Å². The first kappa shape index (κ1) is 11.7. The third kappa shape index (κ3) is 2.32. The van der Waals surface area contributed by atoms with Crippen LogP contribution >= 0.6 is 0 Å². The largest absolute Gasteiger partial charge is 0.447 e. The molecule has 0 radical (unpaired) electrons. The summed E-state index contributed by atoms with van der Waals surface area (Å²) in [6.07, 6.45) is -5.40. The van der Waals surface area contributed by atoms with Gasteiger partial charge in [-0.25, -0.2) is 9.18 Å². The molecule has 0 saturated carbocycles. The molecule has 1 fully saturated rings. The summed E-state index contributed by atoms with van der Waals surface area (Å²) in [4.78, 5) is 10.7. The monoisotopic (exact) mass is 249 g/mol. The second kappa shape index (κ2) is 3.90. The van der Waals surface area contributed by atoms with Crippen molar-refractivity contribution in [3.05, 3.63) is 35.1 Å². The Hall–Kier alpha value is -1.79. The van der Waals surface area contributed by atoms with Crippen LogP contribution in [0.1, 0.15) is 17.2 Å². The summed E-state index contributed by atoms with van der Waals surface area (Å²) in [6, 6.07) is 1.91. The Labute approximate surface area is 93.4 Å². The number of ether oxygens (including phenoxy) is 1. The molecule has 1 saturated heterocycles. The molecule has 0 spiro atoms. The van der Waals surface area contributed by atoms with Crippen molar-refractivity contribution >= 4 is 6.09 Å². The maximum Gasteiger partial charge on any atom is 0.419 e. The molecule has 1 aliphatic rings. The van der Waals surface area contributed by atoms with Crippen molar-refractivity contribution in [3.8, 4) is 0 Å². The van der Waals surface area contributed by atoms with Crippen molar-refractivity contribution in [2.45, 2.75) is 12.2 Å². The molecule has 92 valence electrons. The Morgan fingerprint density at radius 2 is 2.06 bits per heavy atom. The average Bonchev–Trinajstić information content (AvgIpc) is 2.62. The van der Waals surface area contributed by atoms with Crippen molar-refractivity contribution in [1.82, 2.24) is 5.32 Å². The molecule has 0 bridgehead atoms. The van der Waals surface area contributed by atoms with E-state index < -0.39 is 29.7 Å². The highest BCUT2D eigenvalue weighted by Gasteiger charge is 2.34. The molecule has 1 N–H and O–H groups in total. The Balaban J connectivity index is 2.28. The lowest BCUT2D eigenvalue weighted by molar-refractivity contribution is -0.140. The number of amides is 1. The summed E-state index contributed by atoms with van der Waals surface area (Å²) in [5.74, 6) is -1.36. The number of halogens is 4. The molecule has 1 heterocycles. The van der Waals surface area contributed by atoms with Crippen molar-refractivity contribution in [3.63, 3.8) is 0 Å². The van der Waals surface area contributed by atoms with Gasteiger partial charge in [-0.15, -0.1) is 0 Å². The normalized spacial score (nSPS) is 20.0. The zero-order valence-electron chi connectivity index (χ0n) is 8.34. The molecule has 0 aromatic heterocycles. The highest BCUT2D eigenvalue weighted by Crippen LogP contribution is 2.32. The molecule has 1 aromatic carbocycles. The molecule has 1 atom stereocenters. The van der Waals surface area contributed by atoms with Gasteiger partial charge < -0.3 is 10.1 Å². The predicted octanol–water partition coefficient (Wildman–Crippen LogP) is 2.63. The fourth-order valence-electron chi connectivity index (χ4n) is 1.54. The van der Waals surface area contributed by atoms with Gasteiger partial charge in [0.1, 0.15) is 12.4 Å². The van der Waals surface area contributed by atoms with E-state index >= 15 is 0 Å². The van der Waals surface area contributed by atoms with Crippen LogP contribution in [0.2, 0.25) is 0 Å². The van der Waals surface area contributed by atoms with E-state index in [1.807, 2.05) is 0 Å². The van der Waals surface area contributed by atoms with E-state index in [-0.39, 0.29) is 12.2 Å². The smallest absolute Gasteiger partial charge is 0.419 e. The second-order valence-corrected chi connectivity index (χ2v) is 3.53. The van der Waals surface area contributed by atoms with Gasteiger partial charge in [0.25, 0.3) is 0 Å². The van der Waals surface area contributed by atoms with Crippen molar-refractivity contribution in [2.75, 3.05) is 6.61 Å². The number of cyclic esters (lactones) is 1. The lowest BCUT2D eigenvalue weighted by Gasteiger charge is -2.11. The minimum Gasteiger partial charge on any atom is -0.447 e. The number of rotatable bonds is 1. The molecular weight excluding hydrogens is 242 g/mol. The summed E-state index contributed by atoms with van der Waals surface area (Å²) in [6.45, 7) is -0.0242. The Morgan fingerprint density at radius 1 is 1.35 bits per heavy atom. The summed E-state index contributed by atoms with van der Waals surface area (Å²) in [5.41, 5.74) is -1.09. The van der Waals surface area contributed by atoms with Crippen LogP contribution in [0.4, 0.5) is 22.4 Å². The van der Waals surface area contributed by atoms with Gasteiger partial charge in [-0.05, 0) is 17.7 Å². The van der Waals surface area contributed by atoms with Gasteiger partial charge in [0, 0.05) is 0 Å². The Kier molecular flexibility index (Phi) is 2.68. The van der Waals surface area contributed by atoms with Crippen LogP contribution in [0.25, 0.3) is 0 Å². The van der Waals surface area contributed by atoms with Gasteiger partial charge in [-0.2, -0.15) is 13.2 Å². The molecule has 3 nitrogen and oxygen atoms in total. The van der Waals surface area contributed by atoms with Crippen LogP contribution in [-0.4, -0.2) is 12.7 Å². The van der Waals surface area contributed by atoms with E-state index in [4.69, 9.17) is 0 Å². The van der Waals surface area contributed by atoms with Gasteiger partial charge in [-0.1, -0.05) is 6.07 Å². The average molecular weight is 249 g/mol. The third-order valence-electron chi connectivity index (χ3n) is 2.37. The lowest BCUT2D eigenvalue weighted by atomic mass is 10.1. The predicted molar refractivity (Wildman–Crippen MR) is 48.6 cm³/mol. The zero-order valence-corrected chi connectivity index (χ0v) is 8.34. The lowest BCUT2D eigenvalue weighted by Crippen LogP contribution is -2.19. The highest BCUT2D eigenvalue weighted by molar-refractivity contribution is 5.70. The van der Waals surface area contributed by atoms with Crippen LogP contribution in [-0.2, 0) is 10.9 Å². The van der Waals surface area contributed by atoms with Crippen LogP contribution in [0, 0.1) is 5.82 Å². The van der Waals surface area contributed by atoms with E-state index in [9.17, 15) is 22.4 Å². The van der Waals surface area contributed by atoms with Crippen LogP contribution in [0.15, 0.2) is 18.2 Å². The number of benzene rings is 1. The van der Waals surface area contributed by atoms with E-state index in [0.29, 0.717) is 6.07 Å². The summed E-state index contributed by atoms with van der Waals surface area (Å²) in [7, 11) is 0. The summed E-state index contributed by atoms with van der Waals surface area (Å²) in [5, 5.41) is 2.35. The topological polar surface area (TPSA) is 38.3 Å². The first-order valence-electron chi connectivity index (χ1n) is 4.68. The van der Waals surface area contributed by atoms with E-state index in [2.05, 4.69) is 10.1 Å². The molecule has 7 heteroatoms. The molecular formula is C10H7F4NO2. The number of nitrogens with one attached hydrogen (secondary N) is 1. The Bertz CT molecular complexity index is 458. The number of alkyl halides is 3. The van der Waals surface area contributed by atoms with Gasteiger partial charge in [-0.3, -0.25) is 0 Å². The quantitative estimate of drug-likeness (QED) is 0.777. The highest BCUT2D eigenvalue weighted by atomic mass is 19.4. The fourth-order valence-corrected chi connectivity index (χ4v) is 1.54. The van der Waals surface area contributed by atoms with Crippen LogP contribution in [0.5, 0.6) is 0 Å². The fraction of sp³-hybridized carbons (Fsp3) is 0.300. The van der Waals surface area contributed by atoms with E-state index in [1.54, 1.807) is 0 Å². The van der Waals surface area contributed by atoms with Gasteiger partial charge in [0.2, 0.25) is 0 Å². The van der Waals surface area contributed by atoms with Crippen LogP contribution < -0.4 is 5.32 Å². The number of hydrogen-bond donors (Lipinski definition) is 1. The standard InChI is InChI=1S/C10H7F4NO2/c11-7-3-5(8-4-17-9(16)15-8)1-2-6(7)10(12,13)14/h1-3,8H,4H2,(H,15,16). The molecule has 1 unspecified atom stereocenters. The van der Waals surface area contributed by atoms with Gasteiger partial charge >= 0.3 is 12.3 Å². The van der Waals surface area contributed by atoms with Gasteiger partial charge in [0.15, 0.2) is 0 Å². The first-order chi connectivity index (χ1) is 7.88. The SMILES string of the molecule is O=C1NC(c2ccc(C(F)(F)F)c(F)c2)CO1. The number of hydrogen-bond acceptors (Lipinski definition) is 2. The molecule has 17 heavy (non-hydrogen) atoms. The molecule has 1 aliphatic heterocycles. The Morgan fingerprint density at radius 3 is 2.53 bits per heavy atom.